The number of hydrogen-bond acceptors (Lipinski definition) is 0. The van der Waals surface area contributed by atoms with Gasteiger partial charge in [0, 0.05) is 5.57 Å². The van der Waals surface area contributed by atoms with Crippen LogP contribution in [-0.2, 0) is 0 Å². The van der Waals surface area contributed by atoms with E-state index in [2.05, 4.69) is 18.9 Å². The summed E-state index contributed by atoms with van der Waals surface area (Å²) in [7, 11) is 0. The monoisotopic (exact) mass is 306 g/mol. The van der Waals surface area contributed by atoms with Crippen LogP contribution in [0.4, 0.5) is 13.2 Å². The van der Waals surface area contributed by atoms with Gasteiger partial charge in [-0.1, -0.05) is 31.7 Å². The van der Waals surface area contributed by atoms with Crippen LogP contribution < -0.4 is 0 Å². The molecule has 0 saturated carbocycles. The van der Waals surface area contributed by atoms with Crippen molar-refractivity contribution in [2.45, 2.75) is 39.8 Å². The zero-order valence-electron chi connectivity index (χ0n) is 13.3. The molecule has 118 valence electrons. The third kappa shape index (κ3) is 3.80. The van der Waals surface area contributed by atoms with Gasteiger partial charge in [-0.3, -0.25) is 0 Å². The molecule has 0 aromatic heterocycles. The summed E-state index contributed by atoms with van der Waals surface area (Å²) >= 11 is 0. The van der Waals surface area contributed by atoms with Crippen molar-refractivity contribution in [3.05, 3.63) is 76.6 Å². The first-order chi connectivity index (χ1) is 10.3. The molecule has 0 atom stereocenters. The average molecular weight is 306 g/mol. The zero-order chi connectivity index (χ0) is 16.9. The largest absolute Gasteiger partial charge is 0.417 e. The Bertz CT molecular complexity index is 628. The Kier molecular flexibility index (Phi) is 6.01. The zero-order valence-corrected chi connectivity index (χ0v) is 13.3. The van der Waals surface area contributed by atoms with Crippen molar-refractivity contribution in [1.29, 1.82) is 0 Å². The van der Waals surface area contributed by atoms with Gasteiger partial charge in [0.25, 0.3) is 0 Å². The van der Waals surface area contributed by atoms with E-state index in [1.54, 1.807) is 26.0 Å². The van der Waals surface area contributed by atoms with Gasteiger partial charge in [0.1, 0.15) is 0 Å². The Balaban J connectivity index is 3.90. The van der Waals surface area contributed by atoms with Crippen LogP contribution in [0.3, 0.4) is 0 Å². The molecule has 22 heavy (non-hydrogen) atoms. The highest BCUT2D eigenvalue weighted by Crippen LogP contribution is 2.42. The van der Waals surface area contributed by atoms with Crippen LogP contribution in [0.15, 0.2) is 76.6 Å². The van der Waals surface area contributed by atoms with E-state index in [4.69, 9.17) is 0 Å². The highest BCUT2D eigenvalue weighted by Gasteiger charge is 2.39. The third-order valence-electron chi connectivity index (χ3n) is 3.38. The van der Waals surface area contributed by atoms with E-state index >= 15 is 0 Å². The maximum absolute atomic E-state index is 13.8. The Labute approximate surface area is 130 Å². The molecule has 0 amide bonds. The molecule has 0 aromatic rings. The summed E-state index contributed by atoms with van der Waals surface area (Å²) in [5.41, 5.74) is 4.37. The van der Waals surface area contributed by atoms with Crippen molar-refractivity contribution in [2.24, 2.45) is 0 Å². The average Bonchev–Trinajstić information content (AvgIpc) is 2.56. The SMILES string of the molecule is C=CCC1=C(C(F)(F)F)C(C=CC)=C(CC)C=C=C1C(=C)C. The fraction of sp³-hybridized carbons (Fsp3) is 0.316. The lowest BCUT2D eigenvalue weighted by atomic mass is 9.88. The predicted octanol–water partition coefficient (Wildman–Crippen LogP) is 6.38. The van der Waals surface area contributed by atoms with Crippen LogP contribution in [-0.4, -0.2) is 6.18 Å². The van der Waals surface area contributed by atoms with E-state index in [9.17, 15) is 13.2 Å². The highest BCUT2D eigenvalue weighted by molar-refractivity contribution is 5.61. The molecule has 3 heteroatoms. The molecule has 0 nitrogen and oxygen atoms in total. The van der Waals surface area contributed by atoms with Crippen LogP contribution >= 0.6 is 0 Å². The quantitative estimate of drug-likeness (QED) is 0.408. The van der Waals surface area contributed by atoms with Crippen LogP contribution in [0, 0.1) is 0 Å². The molecule has 1 aliphatic rings. The Hall–Kier alpha value is -1.99. The third-order valence-corrected chi connectivity index (χ3v) is 3.38. The van der Waals surface area contributed by atoms with Crippen LogP contribution in [0.5, 0.6) is 0 Å². The van der Waals surface area contributed by atoms with Crippen molar-refractivity contribution in [1.82, 2.24) is 0 Å². The molecule has 0 aliphatic heterocycles. The summed E-state index contributed by atoms with van der Waals surface area (Å²) in [4.78, 5) is 0. The molecular formula is C19H21F3. The summed E-state index contributed by atoms with van der Waals surface area (Å²) in [5.74, 6) is 0. The topological polar surface area (TPSA) is 0 Å². The molecule has 0 N–H and O–H groups in total. The Morgan fingerprint density at radius 3 is 2.41 bits per heavy atom. The molecule has 1 aliphatic carbocycles. The van der Waals surface area contributed by atoms with Gasteiger partial charge < -0.3 is 0 Å². The van der Waals surface area contributed by atoms with Gasteiger partial charge in [-0.2, -0.15) is 13.2 Å². The van der Waals surface area contributed by atoms with Crippen molar-refractivity contribution >= 4 is 0 Å². The first-order valence-electron chi connectivity index (χ1n) is 7.18. The van der Waals surface area contributed by atoms with Crippen molar-refractivity contribution < 1.29 is 13.2 Å². The van der Waals surface area contributed by atoms with Crippen molar-refractivity contribution in [2.75, 3.05) is 0 Å². The summed E-state index contributed by atoms with van der Waals surface area (Å²) in [6, 6.07) is 0. The van der Waals surface area contributed by atoms with Gasteiger partial charge in [-0.05, 0) is 55.1 Å². The van der Waals surface area contributed by atoms with E-state index in [0.717, 1.165) is 0 Å². The van der Waals surface area contributed by atoms with Gasteiger partial charge >= 0.3 is 6.18 Å². The fourth-order valence-electron chi connectivity index (χ4n) is 2.47. The predicted molar refractivity (Wildman–Crippen MR) is 86.4 cm³/mol. The minimum Gasteiger partial charge on any atom is -0.166 e. The van der Waals surface area contributed by atoms with E-state index in [1.807, 2.05) is 6.92 Å². The van der Waals surface area contributed by atoms with E-state index < -0.39 is 11.7 Å². The van der Waals surface area contributed by atoms with Gasteiger partial charge in [0.15, 0.2) is 0 Å². The molecule has 0 spiro atoms. The maximum Gasteiger partial charge on any atom is 0.417 e. The molecule has 0 aromatic carbocycles. The molecular weight excluding hydrogens is 285 g/mol. The van der Waals surface area contributed by atoms with E-state index in [-0.39, 0.29) is 17.6 Å². The molecule has 0 unspecified atom stereocenters. The molecule has 1 rings (SSSR count). The van der Waals surface area contributed by atoms with Crippen molar-refractivity contribution in [3.8, 4) is 0 Å². The number of alkyl halides is 3. The van der Waals surface area contributed by atoms with Gasteiger partial charge in [0.05, 0.1) is 5.57 Å². The fourth-order valence-corrected chi connectivity index (χ4v) is 2.47. The lowest BCUT2D eigenvalue weighted by molar-refractivity contribution is -0.0898. The van der Waals surface area contributed by atoms with Gasteiger partial charge in [-0.25, -0.2) is 0 Å². The minimum absolute atomic E-state index is 0.121. The maximum atomic E-state index is 13.8. The highest BCUT2D eigenvalue weighted by atomic mass is 19.4. The normalized spacial score (nSPS) is 16.2. The summed E-state index contributed by atoms with van der Waals surface area (Å²) in [6.07, 6.45) is 2.43. The van der Waals surface area contributed by atoms with E-state index in [0.29, 0.717) is 23.1 Å². The van der Waals surface area contributed by atoms with Crippen molar-refractivity contribution in [3.63, 3.8) is 0 Å². The molecule has 0 bridgehead atoms. The second-order valence-electron chi connectivity index (χ2n) is 5.08. The number of hydrogen-bond donors (Lipinski definition) is 0. The first-order valence-corrected chi connectivity index (χ1v) is 7.18. The molecule has 0 radical (unpaired) electrons. The minimum atomic E-state index is -4.45. The number of rotatable bonds is 5. The number of allylic oxidation sites excluding steroid dienone is 9. The second-order valence-corrected chi connectivity index (χ2v) is 5.08. The van der Waals surface area contributed by atoms with Gasteiger partial charge in [0.2, 0.25) is 0 Å². The molecule has 0 saturated heterocycles. The summed E-state index contributed by atoms with van der Waals surface area (Å²) in [5, 5.41) is 0. The lowest BCUT2D eigenvalue weighted by Crippen LogP contribution is -2.17. The van der Waals surface area contributed by atoms with Gasteiger partial charge in [-0.15, -0.1) is 12.3 Å². The number of halogens is 3. The summed E-state index contributed by atoms with van der Waals surface area (Å²) < 4.78 is 41.3. The van der Waals surface area contributed by atoms with Crippen LogP contribution in [0.1, 0.15) is 33.6 Å². The van der Waals surface area contributed by atoms with Crippen LogP contribution in [0.2, 0.25) is 0 Å². The second kappa shape index (κ2) is 7.33. The summed E-state index contributed by atoms with van der Waals surface area (Å²) in [6.45, 7) is 12.6. The lowest BCUT2D eigenvalue weighted by Gasteiger charge is -2.20. The smallest absolute Gasteiger partial charge is 0.166 e. The Morgan fingerprint density at radius 1 is 1.36 bits per heavy atom. The van der Waals surface area contributed by atoms with Crippen LogP contribution in [0.25, 0.3) is 0 Å². The van der Waals surface area contributed by atoms with E-state index in [1.165, 1.54) is 12.2 Å². The standard InChI is InChI=1S/C19H21F3/c1-6-9-16-14(8-3)11-12-15(13(4)5)17(10-7-2)18(16)19(20,21)22/h6-7,9,11H,2,4,8,10H2,1,3,5H3. The molecule has 0 fully saturated rings. The first kappa shape index (κ1) is 18.1. The Morgan fingerprint density at radius 2 is 2.00 bits per heavy atom. The molecule has 0 heterocycles.